The van der Waals surface area contributed by atoms with Crippen LogP contribution in [-0.4, -0.2) is 24.5 Å². The second-order valence-corrected chi connectivity index (χ2v) is 5.46. The van der Waals surface area contributed by atoms with Crippen LogP contribution in [0.1, 0.15) is 62.5 Å². The molecule has 0 aromatic carbocycles. The van der Waals surface area contributed by atoms with Gasteiger partial charge in [0.25, 0.3) is 5.91 Å². The topological polar surface area (TPSA) is 54.0 Å². The van der Waals surface area contributed by atoms with Gasteiger partial charge >= 0.3 is 0 Å². The van der Waals surface area contributed by atoms with Crippen LogP contribution < -0.4 is 10.6 Å². The molecule has 0 spiro atoms. The van der Waals surface area contributed by atoms with Gasteiger partial charge in [0.15, 0.2) is 0 Å². The number of rotatable bonds is 7. The van der Waals surface area contributed by atoms with Crippen LogP contribution in [0.5, 0.6) is 0 Å². The van der Waals surface area contributed by atoms with Crippen molar-refractivity contribution in [1.82, 2.24) is 10.3 Å². The highest BCUT2D eigenvalue weighted by atomic mass is 16.1. The van der Waals surface area contributed by atoms with E-state index in [1.54, 1.807) is 6.07 Å². The summed E-state index contributed by atoms with van der Waals surface area (Å²) in [5.41, 5.74) is 1.61. The summed E-state index contributed by atoms with van der Waals surface area (Å²) in [6.07, 6.45) is 2.18. The molecule has 0 radical (unpaired) electrons. The largest absolute Gasteiger partial charge is 0.373 e. The van der Waals surface area contributed by atoms with Crippen LogP contribution in [-0.2, 0) is 0 Å². The number of pyridine rings is 1. The molecule has 1 rings (SSSR count). The number of amides is 1. The Kier molecular flexibility index (Phi) is 6.49. The van der Waals surface area contributed by atoms with Crippen molar-refractivity contribution in [3.63, 3.8) is 0 Å². The minimum Gasteiger partial charge on any atom is -0.373 e. The lowest BCUT2D eigenvalue weighted by atomic mass is 10.0. The lowest BCUT2D eigenvalue weighted by molar-refractivity contribution is 0.0946. The Labute approximate surface area is 122 Å². The van der Waals surface area contributed by atoms with Crippen LogP contribution >= 0.6 is 0 Å². The third-order valence-corrected chi connectivity index (χ3v) is 3.66. The highest BCUT2D eigenvalue weighted by Crippen LogP contribution is 2.17. The summed E-state index contributed by atoms with van der Waals surface area (Å²) in [5, 5.41) is 6.04. The summed E-state index contributed by atoms with van der Waals surface area (Å²) >= 11 is 0. The fourth-order valence-electron chi connectivity index (χ4n) is 2.02. The molecule has 1 aromatic rings. The fourth-order valence-corrected chi connectivity index (χ4v) is 2.02. The third kappa shape index (κ3) is 4.51. The van der Waals surface area contributed by atoms with Crippen LogP contribution in [0.2, 0.25) is 0 Å². The molecule has 0 aliphatic heterocycles. The van der Waals surface area contributed by atoms with Crippen LogP contribution in [0.15, 0.2) is 12.1 Å². The minimum absolute atomic E-state index is 0.0160. The van der Waals surface area contributed by atoms with Crippen molar-refractivity contribution in [3.8, 4) is 0 Å². The van der Waals surface area contributed by atoms with E-state index in [1.807, 2.05) is 13.1 Å². The summed E-state index contributed by atoms with van der Waals surface area (Å²) in [5.74, 6) is 1.57. The van der Waals surface area contributed by atoms with Crippen LogP contribution in [0.3, 0.4) is 0 Å². The van der Waals surface area contributed by atoms with Crippen LogP contribution in [0, 0.1) is 5.92 Å². The smallest absolute Gasteiger partial charge is 0.251 e. The Morgan fingerprint density at radius 3 is 2.40 bits per heavy atom. The molecule has 0 aliphatic rings. The summed E-state index contributed by atoms with van der Waals surface area (Å²) in [6, 6.07) is 3.68. The second kappa shape index (κ2) is 7.88. The maximum atomic E-state index is 12.3. The van der Waals surface area contributed by atoms with Crippen molar-refractivity contribution < 1.29 is 4.79 Å². The molecule has 0 fully saturated rings. The molecule has 1 aromatic heterocycles. The summed E-state index contributed by atoms with van der Waals surface area (Å²) < 4.78 is 0. The van der Waals surface area contributed by atoms with Crippen molar-refractivity contribution in [2.45, 2.75) is 46.5 Å². The Hall–Kier alpha value is -1.58. The van der Waals surface area contributed by atoms with Crippen molar-refractivity contribution in [3.05, 3.63) is 23.4 Å². The average Bonchev–Trinajstić information content (AvgIpc) is 2.47. The van der Waals surface area contributed by atoms with Gasteiger partial charge in [-0.25, -0.2) is 4.98 Å². The van der Waals surface area contributed by atoms with Crippen molar-refractivity contribution >= 4 is 11.7 Å². The molecule has 0 atom stereocenters. The summed E-state index contributed by atoms with van der Waals surface area (Å²) in [7, 11) is 1.82. The van der Waals surface area contributed by atoms with Crippen molar-refractivity contribution in [2.24, 2.45) is 5.92 Å². The SMILES string of the molecule is CCC(CC)CNC(=O)c1cc(NC)nc(C(C)C)c1. The van der Waals surface area contributed by atoms with E-state index in [0.29, 0.717) is 17.4 Å². The molecule has 4 nitrogen and oxygen atoms in total. The zero-order valence-electron chi connectivity index (χ0n) is 13.3. The molecule has 20 heavy (non-hydrogen) atoms. The molecule has 1 amide bonds. The first kappa shape index (κ1) is 16.5. The van der Waals surface area contributed by atoms with Gasteiger partial charge in [-0.2, -0.15) is 0 Å². The number of nitrogens with one attached hydrogen (secondary N) is 2. The quantitative estimate of drug-likeness (QED) is 0.803. The van der Waals surface area contributed by atoms with Gasteiger partial charge < -0.3 is 10.6 Å². The Morgan fingerprint density at radius 1 is 1.25 bits per heavy atom. The number of aromatic nitrogens is 1. The van der Waals surface area contributed by atoms with E-state index >= 15 is 0 Å². The molecule has 0 saturated carbocycles. The number of carbonyl (C=O) groups excluding carboxylic acids is 1. The zero-order chi connectivity index (χ0) is 15.1. The molecular formula is C16H27N3O. The van der Waals surface area contributed by atoms with E-state index in [2.05, 4.69) is 43.3 Å². The zero-order valence-corrected chi connectivity index (χ0v) is 13.3. The normalized spacial score (nSPS) is 10.9. The first-order valence-electron chi connectivity index (χ1n) is 7.49. The van der Waals surface area contributed by atoms with Gasteiger partial charge in [-0.1, -0.05) is 40.5 Å². The Bertz CT molecular complexity index is 439. The number of anilines is 1. The molecule has 2 N–H and O–H groups in total. The predicted molar refractivity (Wildman–Crippen MR) is 84.3 cm³/mol. The van der Waals surface area contributed by atoms with Crippen LogP contribution in [0.4, 0.5) is 5.82 Å². The Balaban J connectivity index is 2.83. The van der Waals surface area contributed by atoms with E-state index < -0.39 is 0 Å². The molecule has 0 bridgehead atoms. The standard InChI is InChI=1S/C16H27N3O/c1-6-12(7-2)10-18-16(20)13-8-14(11(3)4)19-15(9-13)17-5/h8-9,11-12H,6-7,10H2,1-5H3,(H,17,19)(H,18,20). The molecular weight excluding hydrogens is 250 g/mol. The fraction of sp³-hybridized carbons (Fsp3) is 0.625. The van der Waals surface area contributed by atoms with E-state index in [9.17, 15) is 4.79 Å². The van der Waals surface area contributed by atoms with Gasteiger partial charge in [-0.3, -0.25) is 4.79 Å². The van der Waals surface area contributed by atoms with E-state index in [4.69, 9.17) is 0 Å². The summed E-state index contributed by atoms with van der Waals surface area (Å²) in [6.45, 7) is 9.20. The van der Waals surface area contributed by atoms with Gasteiger partial charge in [0.1, 0.15) is 5.82 Å². The number of hydrogen-bond donors (Lipinski definition) is 2. The maximum Gasteiger partial charge on any atom is 0.251 e. The molecule has 0 unspecified atom stereocenters. The maximum absolute atomic E-state index is 12.3. The second-order valence-electron chi connectivity index (χ2n) is 5.46. The monoisotopic (exact) mass is 277 g/mol. The van der Waals surface area contributed by atoms with Crippen molar-refractivity contribution in [1.29, 1.82) is 0 Å². The van der Waals surface area contributed by atoms with Gasteiger partial charge in [-0.15, -0.1) is 0 Å². The molecule has 0 aliphatic carbocycles. The highest BCUT2D eigenvalue weighted by molar-refractivity contribution is 5.95. The van der Waals surface area contributed by atoms with Crippen molar-refractivity contribution in [2.75, 3.05) is 18.9 Å². The molecule has 4 heteroatoms. The van der Waals surface area contributed by atoms with E-state index in [0.717, 1.165) is 30.9 Å². The highest BCUT2D eigenvalue weighted by Gasteiger charge is 2.12. The van der Waals surface area contributed by atoms with Crippen LogP contribution in [0.25, 0.3) is 0 Å². The first-order valence-corrected chi connectivity index (χ1v) is 7.49. The molecule has 1 heterocycles. The molecule has 0 saturated heterocycles. The van der Waals surface area contributed by atoms with Gasteiger partial charge in [0, 0.05) is 24.8 Å². The first-order chi connectivity index (χ1) is 9.51. The van der Waals surface area contributed by atoms with E-state index in [-0.39, 0.29) is 5.91 Å². The van der Waals surface area contributed by atoms with Gasteiger partial charge in [-0.05, 0) is 24.0 Å². The molecule has 112 valence electrons. The number of hydrogen-bond acceptors (Lipinski definition) is 3. The minimum atomic E-state index is -0.0160. The van der Waals surface area contributed by atoms with E-state index in [1.165, 1.54) is 0 Å². The van der Waals surface area contributed by atoms with Gasteiger partial charge in [0.05, 0.1) is 0 Å². The third-order valence-electron chi connectivity index (χ3n) is 3.66. The lowest BCUT2D eigenvalue weighted by Crippen LogP contribution is -2.29. The Morgan fingerprint density at radius 2 is 1.90 bits per heavy atom. The summed E-state index contributed by atoms with van der Waals surface area (Å²) in [4.78, 5) is 16.7. The lowest BCUT2D eigenvalue weighted by Gasteiger charge is -2.14. The van der Waals surface area contributed by atoms with Gasteiger partial charge in [0.2, 0.25) is 0 Å². The number of carbonyl (C=O) groups is 1. The number of nitrogens with zero attached hydrogens (tertiary/aromatic N) is 1. The average molecular weight is 277 g/mol. The predicted octanol–water partition coefficient (Wildman–Crippen LogP) is 3.41.